The highest BCUT2D eigenvalue weighted by molar-refractivity contribution is 5.99. The standard InChI is InChI=1S/C24H27FN6O3/c1-2-17(13-26)28-23(33)20-4-3-10-31(20)24(34)21(15-5-6-15)29-22(32)16-7-8-19(18(25)12-16)30-11-9-27-14-30/h7-9,11-12,14-15,17,20-21H,2-6,10H2,1H3,(H,28,33)(H,29,32). The van der Waals surface area contributed by atoms with Gasteiger partial charge in [-0.15, -0.1) is 0 Å². The van der Waals surface area contributed by atoms with Gasteiger partial charge in [0.25, 0.3) is 5.91 Å². The molecule has 10 heteroatoms. The van der Waals surface area contributed by atoms with Crippen molar-refractivity contribution in [2.24, 2.45) is 5.92 Å². The lowest BCUT2D eigenvalue weighted by Gasteiger charge is -2.29. The zero-order valence-electron chi connectivity index (χ0n) is 18.9. The highest BCUT2D eigenvalue weighted by atomic mass is 19.1. The smallest absolute Gasteiger partial charge is 0.252 e. The summed E-state index contributed by atoms with van der Waals surface area (Å²) >= 11 is 0. The van der Waals surface area contributed by atoms with Crippen LogP contribution < -0.4 is 10.6 Å². The molecule has 1 aromatic carbocycles. The van der Waals surface area contributed by atoms with Crippen LogP contribution in [0.2, 0.25) is 0 Å². The number of rotatable bonds is 8. The van der Waals surface area contributed by atoms with Crippen molar-refractivity contribution in [2.45, 2.75) is 57.2 Å². The molecule has 2 aliphatic rings. The van der Waals surface area contributed by atoms with Gasteiger partial charge in [-0.3, -0.25) is 14.4 Å². The second-order valence-electron chi connectivity index (χ2n) is 8.71. The zero-order valence-corrected chi connectivity index (χ0v) is 18.9. The first-order valence-electron chi connectivity index (χ1n) is 11.5. The Morgan fingerprint density at radius 3 is 2.68 bits per heavy atom. The summed E-state index contributed by atoms with van der Waals surface area (Å²) in [7, 11) is 0. The molecule has 1 aliphatic heterocycles. The average molecular weight is 467 g/mol. The second kappa shape index (κ2) is 10.0. The van der Waals surface area contributed by atoms with Crippen LogP contribution in [0.25, 0.3) is 5.69 Å². The lowest BCUT2D eigenvalue weighted by Crippen LogP contribution is -2.55. The maximum atomic E-state index is 14.6. The van der Waals surface area contributed by atoms with E-state index < -0.39 is 29.8 Å². The van der Waals surface area contributed by atoms with Gasteiger partial charge in [0.15, 0.2) is 0 Å². The summed E-state index contributed by atoms with van der Waals surface area (Å²) in [5.41, 5.74) is 0.368. The van der Waals surface area contributed by atoms with Crippen molar-refractivity contribution in [3.8, 4) is 11.8 Å². The molecule has 34 heavy (non-hydrogen) atoms. The summed E-state index contributed by atoms with van der Waals surface area (Å²) in [4.78, 5) is 44.4. The summed E-state index contributed by atoms with van der Waals surface area (Å²) in [5.74, 6) is -1.80. The average Bonchev–Trinajstić information content (AvgIpc) is 3.31. The molecule has 2 N–H and O–H groups in total. The van der Waals surface area contributed by atoms with Crippen molar-refractivity contribution in [3.63, 3.8) is 0 Å². The highest BCUT2D eigenvalue weighted by Crippen LogP contribution is 2.35. The van der Waals surface area contributed by atoms with E-state index >= 15 is 0 Å². The number of likely N-dealkylation sites (tertiary alicyclic amines) is 1. The Hall–Kier alpha value is -3.74. The van der Waals surface area contributed by atoms with Crippen molar-refractivity contribution in [2.75, 3.05) is 6.54 Å². The quantitative estimate of drug-likeness (QED) is 0.616. The number of carbonyl (C=O) groups is 3. The van der Waals surface area contributed by atoms with Crippen LogP contribution in [0.3, 0.4) is 0 Å². The first-order valence-corrected chi connectivity index (χ1v) is 11.5. The molecule has 4 rings (SSSR count). The van der Waals surface area contributed by atoms with Gasteiger partial charge in [0.2, 0.25) is 11.8 Å². The SMILES string of the molecule is CCC(C#N)NC(=O)C1CCCN1C(=O)C(NC(=O)c1ccc(-n2ccnc2)c(F)c1)C1CC1. The number of hydrogen-bond donors (Lipinski definition) is 2. The molecule has 178 valence electrons. The van der Waals surface area contributed by atoms with E-state index in [9.17, 15) is 18.8 Å². The third-order valence-corrected chi connectivity index (χ3v) is 6.36. The number of carbonyl (C=O) groups excluding carboxylic acids is 3. The zero-order chi connectivity index (χ0) is 24.2. The van der Waals surface area contributed by atoms with Gasteiger partial charge >= 0.3 is 0 Å². The van der Waals surface area contributed by atoms with Gasteiger partial charge < -0.3 is 20.1 Å². The minimum absolute atomic E-state index is 0.0154. The molecule has 2 heterocycles. The van der Waals surface area contributed by atoms with E-state index in [0.717, 1.165) is 18.9 Å². The fraction of sp³-hybridized carbons (Fsp3) is 0.458. The number of hydrogen-bond acceptors (Lipinski definition) is 5. The molecule has 0 spiro atoms. The van der Waals surface area contributed by atoms with E-state index in [2.05, 4.69) is 15.6 Å². The van der Waals surface area contributed by atoms with Crippen LogP contribution in [0.15, 0.2) is 36.9 Å². The van der Waals surface area contributed by atoms with Gasteiger partial charge in [-0.2, -0.15) is 5.26 Å². The Balaban J connectivity index is 1.46. The summed E-state index contributed by atoms with van der Waals surface area (Å²) in [6, 6.07) is 4.10. The molecule has 2 fully saturated rings. The largest absolute Gasteiger partial charge is 0.340 e. The number of nitrogens with one attached hydrogen (secondary N) is 2. The van der Waals surface area contributed by atoms with E-state index in [1.165, 1.54) is 34.1 Å². The Morgan fingerprint density at radius 1 is 1.26 bits per heavy atom. The summed E-state index contributed by atoms with van der Waals surface area (Å²) in [5, 5.41) is 14.6. The minimum atomic E-state index is -0.782. The number of benzene rings is 1. The summed E-state index contributed by atoms with van der Waals surface area (Å²) in [6.07, 6.45) is 7.82. The van der Waals surface area contributed by atoms with Crippen LogP contribution >= 0.6 is 0 Å². The molecule has 3 atom stereocenters. The second-order valence-corrected chi connectivity index (χ2v) is 8.71. The summed E-state index contributed by atoms with van der Waals surface area (Å²) in [6.45, 7) is 2.21. The van der Waals surface area contributed by atoms with Crippen molar-refractivity contribution < 1.29 is 18.8 Å². The van der Waals surface area contributed by atoms with Crippen molar-refractivity contribution >= 4 is 17.7 Å². The van der Waals surface area contributed by atoms with E-state index in [4.69, 9.17) is 5.26 Å². The van der Waals surface area contributed by atoms with Crippen LogP contribution in [-0.4, -0.2) is 56.8 Å². The molecule has 0 radical (unpaired) electrons. The van der Waals surface area contributed by atoms with Gasteiger partial charge in [-0.05, 0) is 56.2 Å². The van der Waals surface area contributed by atoms with Crippen LogP contribution in [0.4, 0.5) is 4.39 Å². The van der Waals surface area contributed by atoms with Crippen LogP contribution in [0.1, 0.15) is 49.4 Å². The minimum Gasteiger partial charge on any atom is -0.340 e. The number of nitriles is 1. The Kier molecular flexibility index (Phi) is 6.91. The molecule has 1 aliphatic carbocycles. The van der Waals surface area contributed by atoms with Gasteiger partial charge in [-0.1, -0.05) is 6.92 Å². The Bertz CT molecular complexity index is 1110. The molecular formula is C24H27FN6O3. The monoisotopic (exact) mass is 466 g/mol. The van der Waals surface area contributed by atoms with Crippen LogP contribution in [-0.2, 0) is 9.59 Å². The number of aromatic nitrogens is 2. The first-order chi connectivity index (χ1) is 16.4. The third-order valence-electron chi connectivity index (χ3n) is 6.36. The number of halogens is 1. The molecule has 1 aromatic heterocycles. The van der Waals surface area contributed by atoms with Gasteiger partial charge in [-0.25, -0.2) is 9.37 Å². The van der Waals surface area contributed by atoms with Crippen molar-refractivity contribution in [1.82, 2.24) is 25.1 Å². The predicted octanol–water partition coefficient (Wildman–Crippen LogP) is 1.93. The molecular weight excluding hydrogens is 439 g/mol. The van der Waals surface area contributed by atoms with Gasteiger partial charge in [0.05, 0.1) is 18.1 Å². The van der Waals surface area contributed by atoms with E-state index in [1.54, 1.807) is 13.1 Å². The molecule has 1 saturated heterocycles. The van der Waals surface area contributed by atoms with Gasteiger partial charge in [0, 0.05) is 24.5 Å². The van der Waals surface area contributed by atoms with Crippen molar-refractivity contribution in [1.29, 1.82) is 5.26 Å². The lowest BCUT2D eigenvalue weighted by atomic mass is 10.1. The van der Waals surface area contributed by atoms with Gasteiger partial charge in [0.1, 0.15) is 23.9 Å². The van der Waals surface area contributed by atoms with E-state index in [1.807, 2.05) is 6.07 Å². The molecule has 2 aromatic rings. The third kappa shape index (κ3) is 4.93. The normalized spacial score (nSPS) is 19.2. The molecule has 1 saturated carbocycles. The topological polar surface area (TPSA) is 120 Å². The molecule has 0 bridgehead atoms. The maximum absolute atomic E-state index is 14.6. The van der Waals surface area contributed by atoms with E-state index in [0.29, 0.717) is 25.8 Å². The van der Waals surface area contributed by atoms with Crippen LogP contribution in [0.5, 0.6) is 0 Å². The first kappa shape index (κ1) is 23.4. The van der Waals surface area contributed by atoms with Crippen molar-refractivity contribution in [3.05, 3.63) is 48.3 Å². The molecule has 9 nitrogen and oxygen atoms in total. The lowest BCUT2D eigenvalue weighted by molar-refractivity contribution is -0.140. The molecule has 3 unspecified atom stereocenters. The fourth-order valence-corrected chi connectivity index (χ4v) is 4.27. The summed E-state index contributed by atoms with van der Waals surface area (Å²) < 4.78 is 16.1. The predicted molar refractivity (Wildman–Crippen MR) is 120 cm³/mol. The number of nitrogens with zero attached hydrogens (tertiary/aromatic N) is 4. The Labute approximate surface area is 196 Å². The number of imidazole rings is 1. The Morgan fingerprint density at radius 2 is 2.06 bits per heavy atom. The van der Waals surface area contributed by atoms with E-state index in [-0.39, 0.29) is 29.0 Å². The molecule has 3 amide bonds. The fourth-order valence-electron chi connectivity index (χ4n) is 4.27. The highest BCUT2D eigenvalue weighted by Gasteiger charge is 2.44. The van der Waals surface area contributed by atoms with Crippen LogP contribution in [0, 0.1) is 23.1 Å². The maximum Gasteiger partial charge on any atom is 0.252 e. The number of amides is 3.